The van der Waals surface area contributed by atoms with Crippen LogP contribution < -0.4 is 0 Å². The molecular weight excluding hydrogens is 350 g/mol. The lowest BCUT2D eigenvalue weighted by Gasteiger charge is -2.21. The number of benzene rings is 2. The summed E-state index contributed by atoms with van der Waals surface area (Å²) >= 11 is 2.71. The molecule has 3 rings (SSSR count). The maximum absolute atomic E-state index is 13.5. The Balaban J connectivity index is 2.14. The van der Waals surface area contributed by atoms with E-state index < -0.39 is 17.2 Å². The molecular formula is C15H10BrF4N. The summed E-state index contributed by atoms with van der Waals surface area (Å²) in [5, 5.41) is 1.60. The fourth-order valence-electron chi connectivity index (χ4n) is 2.36. The molecule has 0 fully saturated rings. The van der Waals surface area contributed by atoms with Gasteiger partial charge in [-0.3, -0.25) is 0 Å². The molecule has 0 aliphatic heterocycles. The normalized spacial score (nSPS) is 14.2. The van der Waals surface area contributed by atoms with Gasteiger partial charge >= 0.3 is 12.3 Å². The number of hydrogen-bond acceptors (Lipinski definition) is 0. The van der Waals surface area contributed by atoms with E-state index in [1.807, 2.05) is 24.3 Å². The number of alkyl halides is 5. The maximum Gasteiger partial charge on any atom is 0.323 e. The third-order valence-electron chi connectivity index (χ3n) is 3.45. The molecule has 110 valence electrons. The zero-order chi connectivity index (χ0) is 15.2. The highest BCUT2D eigenvalue weighted by atomic mass is 79.9. The van der Waals surface area contributed by atoms with E-state index in [2.05, 4.69) is 20.9 Å². The Morgan fingerprint density at radius 1 is 0.952 bits per heavy atom. The second kappa shape index (κ2) is 5.02. The number of H-pyrrole nitrogens is 1. The van der Waals surface area contributed by atoms with E-state index in [4.69, 9.17) is 0 Å². The first-order chi connectivity index (χ1) is 9.91. The van der Waals surface area contributed by atoms with Gasteiger partial charge in [-0.05, 0) is 23.8 Å². The van der Waals surface area contributed by atoms with Crippen LogP contribution in [0.3, 0.4) is 0 Å². The van der Waals surface area contributed by atoms with Gasteiger partial charge in [0, 0.05) is 21.8 Å². The topological polar surface area (TPSA) is 15.8 Å². The van der Waals surface area contributed by atoms with Crippen LogP contribution in [0.25, 0.3) is 21.8 Å². The van der Waals surface area contributed by atoms with Crippen molar-refractivity contribution >= 4 is 37.7 Å². The maximum atomic E-state index is 13.5. The second-order valence-electron chi connectivity index (χ2n) is 4.81. The van der Waals surface area contributed by atoms with Crippen LogP contribution >= 0.6 is 15.9 Å². The molecule has 1 heterocycles. The fraction of sp³-hybridized carbons (Fsp3) is 0.200. The number of aromatic nitrogens is 1. The quantitative estimate of drug-likeness (QED) is 0.458. The Kier molecular flexibility index (Phi) is 3.43. The number of aromatic amines is 1. The van der Waals surface area contributed by atoms with Crippen LogP contribution in [0, 0.1) is 0 Å². The summed E-state index contributed by atoms with van der Waals surface area (Å²) in [4.78, 5) is 1.42. The summed E-state index contributed by atoms with van der Waals surface area (Å²) in [5.41, 5.74) is 1.77. The Morgan fingerprint density at radius 2 is 1.62 bits per heavy atom. The van der Waals surface area contributed by atoms with Crippen LogP contribution in [-0.4, -0.2) is 17.3 Å². The number of para-hydroxylation sites is 1. The molecule has 0 saturated carbocycles. The van der Waals surface area contributed by atoms with Gasteiger partial charge in [-0.2, -0.15) is 8.78 Å². The van der Waals surface area contributed by atoms with Crippen molar-refractivity contribution < 1.29 is 17.6 Å². The molecule has 1 atom stereocenters. The Bertz CT molecular complexity index is 797. The first-order valence-electron chi connectivity index (χ1n) is 6.21. The number of fused-ring (bicyclic) bond motifs is 3. The van der Waals surface area contributed by atoms with Gasteiger partial charge in [-0.25, -0.2) is 8.78 Å². The second-order valence-corrected chi connectivity index (χ2v) is 5.73. The van der Waals surface area contributed by atoms with Gasteiger partial charge in [-0.1, -0.05) is 40.2 Å². The van der Waals surface area contributed by atoms with E-state index in [1.54, 1.807) is 6.07 Å². The van der Waals surface area contributed by atoms with Gasteiger partial charge in [0.05, 0.1) is 0 Å². The zero-order valence-electron chi connectivity index (χ0n) is 10.6. The van der Waals surface area contributed by atoms with Crippen molar-refractivity contribution in [2.24, 2.45) is 0 Å². The number of nitrogens with one attached hydrogen (secondary N) is 1. The highest BCUT2D eigenvalue weighted by Crippen LogP contribution is 2.43. The third kappa shape index (κ3) is 2.31. The predicted molar refractivity (Wildman–Crippen MR) is 78.4 cm³/mol. The van der Waals surface area contributed by atoms with Crippen LogP contribution in [0.15, 0.2) is 42.5 Å². The summed E-state index contributed by atoms with van der Waals surface area (Å²) in [6.07, 6.45) is -3.72. The highest BCUT2D eigenvalue weighted by Gasteiger charge is 2.48. The monoisotopic (exact) mass is 359 g/mol. The first kappa shape index (κ1) is 14.4. The number of halogens is 5. The molecule has 0 spiro atoms. The lowest BCUT2D eigenvalue weighted by molar-refractivity contribution is -0.127. The molecule has 1 unspecified atom stereocenters. The van der Waals surface area contributed by atoms with E-state index in [-0.39, 0.29) is 5.56 Å². The van der Waals surface area contributed by atoms with Crippen LogP contribution in [0.5, 0.6) is 0 Å². The smallest absolute Gasteiger partial charge is 0.323 e. The van der Waals surface area contributed by atoms with E-state index >= 15 is 0 Å². The average Bonchev–Trinajstić information content (AvgIpc) is 2.84. The van der Waals surface area contributed by atoms with E-state index in [0.717, 1.165) is 21.8 Å². The molecule has 1 aromatic heterocycles. The molecule has 0 bridgehead atoms. The van der Waals surface area contributed by atoms with Crippen molar-refractivity contribution in [3.8, 4) is 0 Å². The number of rotatable bonds is 3. The Labute approximate surface area is 126 Å². The third-order valence-corrected chi connectivity index (χ3v) is 4.59. The minimum absolute atomic E-state index is 0.123. The van der Waals surface area contributed by atoms with Gasteiger partial charge in [-0.15, -0.1) is 0 Å². The summed E-state index contributed by atoms with van der Waals surface area (Å²) in [6.45, 7) is 0. The summed E-state index contributed by atoms with van der Waals surface area (Å²) in [6, 6.07) is 12.0. The van der Waals surface area contributed by atoms with Crippen LogP contribution in [-0.2, 0) is 0 Å². The molecule has 0 amide bonds. The van der Waals surface area contributed by atoms with Gasteiger partial charge in [0.15, 0.2) is 0 Å². The van der Waals surface area contributed by atoms with Crippen LogP contribution in [0.2, 0.25) is 0 Å². The first-order valence-corrected chi connectivity index (χ1v) is 7.13. The van der Waals surface area contributed by atoms with Crippen molar-refractivity contribution in [3.05, 3.63) is 48.0 Å². The average molecular weight is 360 g/mol. The molecule has 0 aliphatic rings. The van der Waals surface area contributed by atoms with E-state index in [1.165, 1.54) is 12.1 Å². The fourth-order valence-corrected chi connectivity index (χ4v) is 2.84. The van der Waals surface area contributed by atoms with E-state index in [9.17, 15) is 17.6 Å². The Hall–Kier alpha value is -1.56. The Morgan fingerprint density at radius 3 is 2.33 bits per heavy atom. The van der Waals surface area contributed by atoms with Crippen LogP contribution in [0.4, 0.5) is 17.6 Å². The van der Waals surface area contributed by atoms with Crippen molar-refractivity contribution in [2.75, 3.05) is 0 Å². The highest BCUT2D eigenvalue weighted by molar-refractivity contribution is 9.09. The summed E-state index contributed by atoms with van der Waals surface area (Å²) < 4.78 is 51.9. The summed E-state index contributed by atoms with van der Waals surface area (Å²) in [5.74, 6) is -4.13. The summed E-state index contributed by atoms with van der Waals surface area (Å²) in [7, 11) is 0. The molecule has 2 aromatic carbocycles. The zero-order valence-corrected chi connectivity index (χ0v) is 12.2. The van der Waals surface area contributed by atoms with Gasteiger partial charge in [0.25, 0.3) is 0 Å². The lowest BCUT2D eigenvalue weighted by atomic mass is 10.0. The molecule has 0 radical (unpaired) electrons. The minimum atomic E-state index is -4.13. The van der Waals surface area contributed by atoms with Crippen molar-refractivity contribution in [1.29, 1.82) is 0 Å². The molecule has 3 aromatic rings. The molecule has 0 aliphatic carbocycles. The van der Waals surface area contributed by atoms with Crippen LogP contribution in [0.1, 0.15) is 10.4 Å². The SMILES string of the molecule is FC(F)C(F)(F)C(Br)c1ccc2[nH]c3ccccc3c2c1. The lowest BCUT2D eigenvalue weighted by Crippen LogP contribution is -2.31. The van der Waals surface area contributed by atoms with Gasteiger partial charge < -0.3 is 4.98 Å². The van der Waals surface area contributed by atoms with Gasteiger partial charge in [0.1, 0.15) is 4.83 Å². The van der Waals surface area contributed by atoms with Crippen molar-refractivity contribution in [3.63, 3.8) is 0 Å². The standard InChI is InChI=1S/C15H10BrF4N/c16-13(15(19,20)14(17)18)8-5-6-12-10(7-8)9-3-1-2-4-11(9)21-12/h1-7,13-14,21H. The molecule has 6 heteroatoms. The predicted octanol–water partition coefficient (Wildman–Crippen LogP) is 5.66. The molecule has 1 nitrogen and oxygen atoms in total. The number of hydrogen-bond donors (Lipinski definition) is 1. The van der Waals surface area contributed by atoms with E-state index in [0.29, 0.717) is 0 Å². The molecule has 1 N–H and O–H groups in total. The van der Waals surface area contributed by atoms with Gasteiger partial charge in [0.2, 0.25) is 0 Å². The van der Waals surface area contributed by atoms with Crippen molar-refractivity contribution in [1.82, 2.24) is 4.98 Å². The molecule has 21 heavy (non-hydrogen) atoms. The largest absolute Gasteiger partial charge is 0.355 e. The van der Waals surface area contributed by atoms with Crippen molar-refractivity contribution in [2.45, 2.75) is 17.2 Å². The molecule has 0 saturated heterocycles. The minimum Gasteiger partial charge on any atom is -0.355 e.